The number of carbonyl (C=O) groups excluding carboxylic acids is 2. The number of benzene rings is 2. The summed E-state index contributed by atoms with van der Waals surface area (Å²) in [6, 6.07) is 8.59. The van der Waals surface area contributed by atoms with Crippen LogP contribution < -0.4 is 15.5 Å². The van der Waals surface area contributed by atoms with Crippen LogP contribution in [0.15, 0.2) is 48.8 Å². The molecule has 1 saturated heterocycles. The monoisotopic (exact) mass is 598 g/mol. The summed E-state index contributed by atoms with van der Waals surface area (Å²) >= 11 is 1.26. The highest BCUT2D eigenvalue weighted by Gasteiger charge is 2.32. The summed E-state index contributed by atoms with van der Waals surface area (Å²) in [5.74, 6) is -0.704. The zero-order chi connectivity index (χ0) is 30.0. The second kappa shape index (κ2) is 11.9. The first-order valence-electron chi connectivity index (χ1n) is 13.3. The highest BCUT2D eigenvalue weighted by molar-refractivity contribution is 7.19. The van der Waals surface area contributed by atoms with Gasteiger partial charge in [-0.3, -0.25) is 9.59 Å². The standard InChI is InChI=1S/C28H29F3N8O2S/c1-4-25(40)34-27-32-15-24(42-27)22-16-39(36-35-22)23-11-18(6-5-17(23)2)26(41)33-20-12-19(28(29,30)31)13-21(14-20)38-9-7-37(3)8-10-38/h5-6,11-16H,4,7-10H2,1-3H3,(H,33,41)(H,32,34,40). The first-order chi connectivity index (χ1) is 20.0. The van der Waals surface area contributed by atoms with E-state index in [-0.39, 0.29) is 17.2 Å². The molecule has 10 nitrogen and oxygen atoms in total. The molecule has 0 saturated carbocycles. The maximum absolute atomic E-state index is 13.7. The number of aromatic nitrogens is 4. The molecule has 220 valence electrons. The van der Waals surface area contributed by atoms with E-state index in [9.17, 15) is 22.8 Å². The van der Waals surface area contributed by atoms with Crippen LogP contribution in [0.25, 0.3) is 16.3 Å². The third kappa shape index (κ3) is 6.60. The fraction of sp³-hybridized carbons (Fsp3) is 0.321. The first-order valence-corrected chi connectivity index (χ1v) is 14.1. The Morgan fingerprint density at radius 2 is 1.81 bits per heavy atom. The summed E-state index contributed by atoms with van der Waals surface area (Å²) in [5.41, 5.74) is 1.80. The molecule has 0 radical (unpaired) electrons. The lowest BCUT2D eigenvalue weighted by Crippen LogP contribution is -2.44. The lowest BCUT2D eigenvalue weighted by molar-refractivity contribution is -0.137. The van der Waals surface area contributed by atoms with Crippen molar-refractivity contribution in [3.8, 4) is 16.3 Å². The van der Waals surface area contributed by atoms with Gasteiger partial charge in [-0.05, 0) is 49.9 Å². The minimum Gasteiger partial charge on any atom is -0.369 e. The Morgan fingerprint density at radius 3 is 2.52 bits per heavy atom. The van der Waals surface area contributed by atoms with Crippen LogP contribution in [0.2, 0.25) is 0 Å². The van der Waals surface area contributed by atoms with E-state index in [0.29, 0.717) is 46.6 Å². The van der Waals surface area contributed by atoms with E-state index in [1.165, 1.54) is 16.0 Å². The van der Waals surface area contributed by atoms with Gasteiger partial charge in [0.05, 0.1) is 22.3 Å². The minimum atomic E-state index is -4.57. The van der Waals surface area contributed by atoms with Gasteiger partial charge in [0.15, 0.2) is 5.13 Å². The number of amides is 2. The fourth-order valence-corrected chi connectivity index (χ4v) is 5.23. The van der Waals surface area contributed by atoms with Crippen LogP contribution in [-0.2, 0) is 11.0 Å². The molecule has 2 amide bonds. The summed E-state index contributed by atoms with van der Waals surface area (Å²) < 4.78 is 42.7. The van der Waals surface area contributed by atoms with Gasteiger partial charge < -0.3 is 20.4 Å². The van der Waals surface area contributed by atoms with E-state index in [0.717, 1.165) is 30.8 Å². The largest absolute Gasteiger partial charge is 0.416 e. The van der Waals surface area contributed by atoms with Crippen molar-refractivity contribution in [1.82, 2.24) is 24.9 Å². The molecule has 2 N–H and O–H groups in total. The zero-order valence-electron chi connectivity index (χ0n) is 23.2. The molecule has 14 heteroatoms. The SMILES string of the molecule is CCC(=O)Nc1ncc(-c2cn(-c3cc(C(=O)Nc4cc(N5CCN(C)CC5)cc(C(F)(F)F)c4)ccc3C)nn2)s1. The summed E-state index contributed by atoms with van der Waals surface area (Å²) in [5, 5.41) is 14.2. The summed E-state index contributed by atoms with van der Waals surface area (Å²) in [6.45, 7) is 6.22. The lowest BCUT2D eigenvalue weighted by atomic mass is 10.1. The normalized spacial score (nSPS) is 14.2. The van der Waals surface area contributed by atoms with E-state index < -0.39 is 17.6 Å². The van der Waals surface area contributed by atoms with Crippen molar-refractivity contribution in [2.24, 2.45) is 0 Å². The second-order valence-corrected chi connectivity index (χ2v) is 11.0. The van der Waals surface area contributed by atoms with E-state index in [2.05, 4.69) is 30.8 Å². The molecule has 0 bridgehead atoms. The summed E-state index contributed by atoms with van der Waals surface area (Å²) in [7, 11) is 1.97. The Bertz CT molecular complexity index is 1610. The molecule has 1 aliphatic heterocycles. The molecular weight excluding hydrogens is 569 g/mol. The highest BCUT2D eigenvalue weighted by atomic mass is 32.1. The molecule has 0 unspecified atom stereocenters. The number of rotatable bonds is 7. The number of likely N-dealkylation sites (N-methyl/N-ethyl adjacent to an activating group) is 1. The van der Waals surface area contributed by atoms with E-state index in [1.807, 2.05) is 18.9 Å². The Labute approximate surface area is 244 Å². The van der Waals surface area contributed by atoms with E-state index in [1.54, 1.807) is 43.6 Å². The smallest absolute Gasteiger partial charge is 0.369 e. The van der Waals surface area contributed by atoms with Gasteiger partial charge in [0.1, 0.15) is 5.69 Å². The molecule has 1 aliphatic rings. The van der Waals surface area contributed by atoms with Crippen LogP contribution in [0.5, 0.6) is 0 Å². The van der Waals surface area contributed by atoms with Crippen molar-refractivity contribution in [2.75, 3.05) is 48.8 Å². The molecule has 4 aromatic rings. The van der Waals surface area contributed by atoms with Crippen molar-refractivity contribution in [3.05, 3.63) is 65.5 Å². The molecule has 42 heavy (non-hydrogen) atoms. The first kappa shape index (κ1) is 29.2. The van der Waals surface area contributed by atoms with Crippen molar-refractivity contribution < 1.29 is 22.8 Å². The Balaban J connectivity index is 1.38. The second-order valence-electron chi connectivity index (χ2n) is 9.99. The van der Waals surface area contributed by atoms with E-state index >= 15 is 0 Å². The molecule has 2 aromatic heterocycles. The number of anilines is 3. The van der Waals surface area contributed by atoms with Gasteiger partial charge in [-0.15, -0.1) is 5.10 Å². The average molecular weight is 599 g/mol. The predicted octanol–water partition coefficient (Wildman–Crippen LogP) is 5.07. The number of hydrogen-bond acceptors (Lipinski definition) is 8. The number of thiazole rings is 1. The van der Waals surface area contributed by atoms with Crippen molar-refractivity contribution in [3.63, 3.8) is 0 Å². The molecule has 0 atom stereocenters. The van der Waals surface area contributed by atoms with Gasteiger partial charge in [0, 0.05) is 55.7 Å². The Hall–Kier alpha value is -4.30. The maximum atomic E-state index is 13.7. The number of carbonyl (C=O) groups is 2. The van der Waals surface area contributed by atoms with Gasteiger partial charge in [-0.1, -0.05) is 29.5 Å². The van der Waals surface area contributed by atoms with Gasteiger partial charge in [-0.25, -0.2) is 9.67 Å². The van der Waals surface area contributed by atoms with E-state index in [4.69, 9.17) is 0 Å². The maximum Gasteiger partial charge on any atom is 0.416 e. The number of hydrogen-bond donors (Lipinski definition) is 2. The van der Waals surface area contributed by atoms with Crippen LogP contribution in [0.1, 0.15) is 34.8 Å². The van der Waals surface area contributed by atoms with Gasteiger partial charge in [0.25, 0.3) is 5.91 Å². The topological polar surface area (TPSA) is 108 Å². The quantitative estimate of drug-likeness (QED) is 0.306. The summed E-state index contributed by atoms with van der Waals surface area (Å²) in [4.78, 5) is 33.8. The Morgan fingerprint density at radius 1 is 1.05 bits per heavy atom. The minimum absolute atomic E-state index is 0.0603. The van der Waals surface area contributed by atoms with Crippen molar-refractivity contribution >= 4 is 39.7 Å². The third-order valence-electron chi connectivity index (χ3n) is 6.91. The fourth-order valence-electron chi connectivity index (χ4n) is 4.45. The molecular formula is C28H29F3N8O2S. The van der Waals surface area contributed by atoms with Crippen LogP contribution >= 0.6 is 11.3 Å². The molecule has 2 aromatic carbocycles. The average Bonchev–Trinajstić information content (AvgIpc) is 3.63. The van der Waals surface area contributed by atoms with Crippen molar-refractivity contribution in [1.29, 1.82) is 0 Å². The Kier molecular flexibility index (Phi) is 8.27. The number of nitrogens with zero attached hydrogens (tertiary/aromatic N) is 6. The number of halogens is 3. The van der Waals surface area contributed by atoms with Gasteiger partial charge >= 0.3 is 6.18 Å². The number of aryl methyl sites for hydroxylation is 1. The van der Waals surface area contributed by atoms with Crippen molar-refractivity contribution in [2.45, 2.75) is 26.4 Å². The molecule has 0 aliphatic carbocycles. The number of alkyl halides is 3. The summed E-state index contributed by atoms with van der Waals surface area (Å²) in [6.07, 6.45) is -0.964. The zero-order valence-corrected chi connectivity index (χ0v) is 24.0. The molecule has 0 spiro atoms. The molecule has 1 fully saturated rings. The predicted molar refractivity (Wildman–Crippen MR) is 155 cm³/mol. The van der Waals surface area contributed by atoms with Crippen LogP contribution in [0, 0.1) is 6.92 Å². The molecule has 3 heterocycles. The highest BCUT2D eigenvalue weighted by Crippen LogP contribution is 2.35. The number of piperazine rings is 1. The van der Waals surface area contributed by atoms with Crippen LogP contribution in [0.4, 0.5) is 29.7 Å². The van der Waals surface area contributed by atoms with Crippen LogP contribution in [0.3, 0.4) is 0 Å². The number of nitrogens with one attached hydrogen (secondary N) is 2. The van der Waals surface area contributed by atoms with Gasteiger partial charge in [0.2, 0.25) is 5.91 Å². The third-order valence-corrected chi connectivity index (χ3v) is 7.84. The van der Waals surface area contributed by atoms with Crippen LogP contribution in [-0.4, -0.2) is 69.9 Å². The lowest BCUT2D eigenvalue weighted by Gasteiger charge is -2.34. The van der Waals surface area contributed by atoms with Gasteiger partial charge in [-0.2, -0.15) is 13.2 Å². The molecule has 5 rings (SSSR count).